The number of carbonyl (C=O) groups excluding carboxylic acids is 1. The Morgan fingerprint density at radius 1 is 1.27 bits per heavy atom. The number of hydrogen-bond acceptors (Lipinski definition) is 6. The van der Waals surface area contributed by atoms with Gasteiger partial charge in [-0.05, 0) is 66.8 Å². The predicted molar refractivity (Wildman–Crippen MR) is 142 cm³/mol. The molecule has 0 saturated heterocycles. The topological polar surface area (TPSA) is 93.4 Å². The van der Waals surface area contributed by atoms with Crippen LogP contribution in [0.1, 0.15) is 44.2 Å². The Morgan fingerprint density at radius 2 is 2.08 bits per heavy atom. The summed E-state index contributed by atoms with van der Waals surface area (Å²) in [7, 11) is 1.88. The smallest absolute Gasteiger partial charge is 0.237 e. The van der Waals surface area contributed by atoms with E-state index in [0.717, 1.165) is 28.5 Å². The van der Waals surface area contributed by atoms with E-state index in [1.54, 1.807) is 23.0 Å². The quantitative estimate of drug-likeness (QED) is 0.454. The van der Waals surface area contributed by atoms with Crippen LogP contribution in [0.25, 0.3) is 16.3 Å². The average molecular weight is 503 g/mol. The van der Waals surface area contributed by atoms with Gasteiger partial charge in [0, 0.05) is 48.8 Å². The van der Waals surface area contributed by atoms with Crippen molar-refractivity contribution in [3.05, 3.63) is 70.9 Å². The zero-order valence-corrected chi connectivity index (χ0v) is 21.5. The van der Waals surface area contributed by atoms with E-state index in [2.05, 4.69) is 39.3 Å². The van der Waals surface area contributed by atoms with Gasteiger partial charge < -0.3 is 15.4 Å². The normalized spacial score (nSPS) is 21.7. The van der Waals surface area contributed by atoms with E-state index in [1.807, 2.05) is 33.3 Å². The van der Waals surface area contributed by atoms with Gasteiger partial charge in [-0.2, -0.15) is 5.10 Å². The molecule has 3 aromatic rings. The van der Waals surface area contributed by atoms with Crippen molar-refractivity contribution in [2.45, 2.75) is 33.1 Å². The van der Waals surface area contributed by atoms with Crippen molar-refractivity contribution < 1.29 is 13.9 Å². The lowest BCUT2D eigenvalue weighted by molar-refractivity contribution is -0.117. The third-order valence-corrected chi connectivity index (χ3v) is 7.45. The van der Waals surface area contributed by atoms with Gasteiger partial charge in [0.15, 0.2) is 0 Å². The van der Waals surface area contributed by atoms with Crippen molar-refractivity contribution in [1.82, 2.24) is 20.1 Å². The van der Waals surface area contributed by atoms with E-state index in [1.165, 1.54) is 6.07 Å². The number of rotatable bonds is 7. The Kier molecular flexibility index (Phi) is 6.54. The van der Waals surface area contributed by atoms with Crippen molar-refractivity contribution in [2.24, 2.45) is 23.9 Å². The summed E-state index contributed by atoms with van der Waals surface area (Å²) >= 11 is 0. The minimum Gasteiger partial charge on any atom is -0.474 e. The zero-order valence-electron chi connectivity index (χ0n) is 21.5. The molecular formula is C28H31FN6O2. The third kappa shape index (κ3) is 4.61. The lowest BCUT2D eigenvalue weighted by atomic mass is 9.97. The maximum atomic E-state index is 15.1. The van der Waals surface area contributed by atoms with Crippen LogP contribution < -0.4 is 10.6 Å². The first kappa shape index (κ1) is 24.7. The molecule has 2 aliphatic rings. The Bertz CT molecular complexity index is 1460. The molecule has 1 aliphatic carbocycles. The summed E-state index contributed by atoms with van der Waals surface area (Å²) in [4.78, 5) is 21.5. The molecule has 0 radical (unpaired) electrons. The zero-order chi connectivity index (χ0) is 26.3. The minimum absolute atomic E-state index is 0.0541. The van der Waals surface area contributed by atoms with E-state index in [9.17, 15) is 4.79 Å². The molecule has 9 heteroatoms. The number of aryl methyl sites for hydroxylation is 1. The fourth-order valence-corrected chi connectivity index (χ4v) is 5.32. The second-order valence-corrected chi connectivity index (χ2v) is 9.67. The first-order chi connectivity index (χ1) is 17.8. The number of nitrogens with zero attached hydrogens (tertiary/aromatic N) is 4. The first-order valence-corrected chi connectivity index (χ1v) is 12.5. The Morgan fingerprint density at radius 3 is 2.78 bits per heavy atom. The van der Waals surface area contributed by atoms with Crippen molar-refractivity contribution in [3.63, 3.8) is 0 Å². The summed E-state index contributed by atoms with van der Waals surface area (Å²) in [5.41, 5.74) is 3.82. The summed E-state index contributed by atoms with van der Waals surface area (Å²) in [5, 5.41) is 12.0. The number of benzene rings is 1. The number of pyridine rings is 1. The van der Waals surface area contributed by atoms with Gasteiger partial charge in [-0.1, -0.05) is 13.3 Å². The van der Waals surface area contributed by atoms with Crippen molar-refractivity contribution in [2.75, 3.05) is 18.5 Å². The number of carbonyl (C=O) groups is 1. The van der Waals surface area contributed by atoms with Crippen LogP contribution in [0.4, 0.5) is 10.2 Å². The van der Waals surface area contributed by atoms with Crippen LogP contribution in [0.5, 0.6) is 0 Å². The fourth-order valence-electron chi connectivity index (χ4n) is 5.32. The molecule has 8 nitrogen and oxygen atoms in total. The monoisotopic (exact) mass is 502 g/mol. The maximum absolute atomic E-state index is 15.1. The van der Waals surface area contributed by atoms with Gasteiger partial charge in [-0.15, -0.1) is 0 Å². The Balaban J connectivity index is 1.42. The number of aliphatic imine (C=N–C) groups is 1. The number of anilines is 1. The van der Waals surface area contributed by atoms with Gasteiger partial charge in [-0.3, -0.25) is 9.48 Å². The molecule has 0 spiro atoms. The standard InChI is InChI=1S/C28H31FN6O2/c1-6-20-24(19-13-33-35(5)14-19)25(20)27(36)34-23-11-17-9-21(22(29)10-18(17)12-32-23)15(2)16(3)26-28(30-4)37-8-7-31-26/h9-14,20,24-25,31H,4,6-8H2,1-3,5H3,(H,32,34,36)/b16-15+/t20-,24+,25+/m0/s1. The first-order valence-electron chi connectivity index (χ1n) is 12.5. The van der Waals surface area contributed by atoms with Gasteiger partial charge in [0.05, 0.1) is 6.20 Å². The van der Waals surface area contributed by atoms with Crippen molar-refractivity contribution in [1.29, 1.82) is 0 Å². The van der Waals surface area contributed by atoms with Gasteiger partial charge in [0.25, 0.3) is 0 Å². The second-order valence-electron chi connectivity index (χ2n) is 9.67. The molecule has 1 saturated carbocycles. The van der Waals surface area contributed by atoms with Gasteiger partial charge in [-0.25, -0.2) is 14.4 Å². The Hall–Kier alpha value is -4.01. The molecule has 37 heavy (non-hydrogen) atoms. The van der Waals surface area contributed by atoms with Crippen LogP contribution in [-0.2, 0) is 16.6 Å². The second kappa shape index (κ2) is 9.80. The Labute approximate surface area is 215 Å². The fraction of sp³-hybridized carbons (Fsp3) is 0.357. The highest BCUT2D eigenvalue weighted by Gasteiger charge is 2.54. The number of hydrogen-bond donors (Lipinski definition) is 2. The third-order valence-electron chi connectivity index (χ3n) is 7.45. The molecular weight excluding hydrogens is 471 g/mol. The van der Waals surface area contributed by atoms with E-state index in [-0.39, 0.29) is 29.5 Å². The molecule has 0 bridgehead atoms. The minimum atomic E-state index is -0.351. The highest BCUT2D eigenvalue weighted by Crippen LogP contribution is 2.56. The SMILES string of the molecule is C=NC1=C(/C(C)=C(\C)c2cc3cc(NC(=O)[C@@H]4[C@@H](CC)[C@H]4c4cnn(C)c4)ncc3cc2F)NCCO1. The average Bonchev–Trinajstić information content (AvgIpc) is 3.50. The van der Waals surface area contributed by atoms with Crippen LogP contribution in [0.15, 0.2) is 58.9 Å². The van der Waals surface area contributed by atoms with E-state index < -0.39 is 0 Å². The molecule has 1 amide bonds. The van der Waals surface area contributed by atoms with Crippen LogP contribution in [0, 0.1) is 17.7 Å². The highest BCUT2D eigenvalue weighted by molar-refractivity contribution is 5.97. The molecule has 2 N–H and O–H groups in total. The number of allylic oxidation sites excluding steroid dienone is 2. The molecule has 1 aromatic carbocycles. The molecule has 192 valence electrons. The number of fused-ring (bicyclic) bond motifs is 1. The molecule has 5 rings (SSSR count). The molecule has 1 fully saturated rings. The molecule has 3 atom stereocenters. The predicted octanol–water partition coefficient (Wildman–Crippen LogP) is 4.77. The van der Waals surface area contributed by atoms with Crippen LogP contribution in [-0.4, -0.2) is 40.5 Å². The molecule has 3 heterocycles. The molecule has 0 unspecified atom stereocenters. The van der Waals surface area contributed by atoms with Gasteiger partial charge in [0.2, 0.25) is 11.8 Å². The molecule has 1 aliphatic heterocycles. The number of amides is 1. The summed E-state index contributed by atoms with van der Waals surface area (Å²) in [6.07, 6.45) is 6.31. The van der Waals surface area contributed by atoms with Crippen molar-refractivity contribution in [3.8, 4) is 0 Å². The summed E-state index contributed by atoms with van der Waals surface area (Å²) < 4.78 is 22.5. The lowest BCUT2D eigenvalue weighted by Gasteiger charge is -2.22. The number of aromatic nitrogens is 3. The van der Waals surface area contributed by atoms with Crippen molar-refractivity contribution >= 4 is 34.8 Å². The lowest BCUT2D eigenvalue weighted by Crippen LogP contribution is -2.27. The van der Waals surface area contributed by atoms with Crippen LogP contribution in [0.3, 0.4) is 0 Å². The van der Waals surface area contributed by atoms with Crippen LogP contribution in [0.2, 0.25) is 0 Å². The number of ether oxygens (including phenoxy) is 1. The van der Waals surface area contributed by atoms with E-state index >= 15 is 4.39 Å². The maximum Gasteiger partial charge on any atom is 0.237 e. The number of halogens is 1. The highest BCUT2D eigenvalue weighted by atomic mass is 19.1. The van der Waals surface area contributed by atoms with Crippen LogP contribution >= 0.6 is 0 Å². The van der Waals surface area contributed by atoms with Gasteiger partial charge in [0.1, 0.15) is 23.9 Å². The van der Waals surface area contributed by atoms with E-state index in [0.29, 0.717) is 41.5 Å². The summed E-state index contributed by atoms with van der Waals surface area (Å²) in [6, 6.07) is 5.05. The summed E-state index contributed by atoms with van der Waals surface area (Å²) in [5.74, 6) is 0.782. The molecule has 2 aromatic heterocycles. The largest absolute Gasteiger partial charge is 0.474 e. The number of nitrogens with one attached hydrogen (secondary N) is 2. The van der Waals surface area contributed by atoms with Gasteiger partial charge >= 0.3 is 0 Å². The summed E-state index contributed by atoms with van der Waals surface area (Å²) in [6.45, 7) is 10.6. The van der Waals surface area contributed by atoms with E-state index in [4.69, 9.17) is 4.74 Å².